The average molecular weight is 255 g/mol. The summed E-state index contributed by atoms with van der Waals surface area (Å²) in [5.41, 5.74) is 0.843. The van der Waals surface area contributed by atoms with Crippen molar-refractivity contribution in [3.63, 3.8) is 0 Å². The monoisotopic (exact) mass is 253 g/mol. The lowest BCUT2D eigenvalue weighted by atomic mass is 10.2. The van der Waals surface area contributed by atoms with E-state index in [0.29, 0.717) is 10.2 Å². The Kier molecular flexibility index (Phi) is 3.16. The SMILES string of the molecule is CC(Br)c1c(Cl)ccnc1Cl. The molecule has 0 aliphatic heterocycles. The molecule has 11 heavy (non-hydrogen) atoms. The third-order valence-electron chi connectivity index (χ3n) is 1.29. The first-order valence-corrected chi connectivity index (χ1v) is 4.74. The second-order valence-corrected chi connectivity index (χ2v) is 4.25. The van der Waals surface area contributed by atoms with Crippen LogP contribution in [0, 0.1) is 0 Å². The zero-order chi connectivity index (χ0) is 8.43. The highest BCUT2D eigenvalue weighted by Gasteiger charge is 2.10. The van der Waals surface area contributed by atoms with Crippen LogP contribution >= 0.6 is 39.1 Å². The van der Waals surface area contributed by atoms with Crippen LogP contribution in [0.5, 0.6) is 0 Å². The summed E-state index contributed by atoms with van der Waals surface area (Å²) in [5.74, 6) is 0. The maximum atomic E-state index is 5.87. The molecule has 1 unspecified atom stereocenters. The first kappa shape index (κ1) is 9.30. The molecule has 0 N–H and O–H groups in total. The van der Waals surface area contributed by atoms with E-state index in [1.807, 2.05) is 6.92 Å². The van der Waals surface area contributed by atoms with Crippen LogP contribution in [-0.2, 0) is 0 Å². The number of pyridine rings is 1. The number of halogens is 3. The number of alkyl halides is 1. The highest BCUT2D eigenvalue weighted by atomic mass is 79.9. The summed E-state index contributed by atoms with van der Waals surface area (Å²) < 4.78 is 0. The Bertz CT molecular complexity index is 242. The van der Waals surface area contributed by atoms with Crippen LogP contribution in [0.15, 0.2) is 12.3 Å². The standard InChI is InChI=1S/C7H6BrCl2N/c1-4(8)6-5(9)2-3-11-7(6)10/h2-4H,1H3. The molecule has 0 spiro atoms. The fourth-order valence-corrected chi connectivity index (χ4v) is 2.19. The van der Waals surface area contributed by atoms with Gasteiger partial charge in [-0.1, -0.05) is 39.1 Å². The van der Waals surface area contributed by atoms with Gasteiger partial charge in [0.15, 0.2) is 0 Å². The third-order valence-corrected chi connectivity index (χ3v) is 2.37. The molecule has 0 saturated heterocycles. The molecule has 0 aliphatic carbocycles. The van der Waals surface area contributed by atoms with Crippen molar-refractivity contribution in [3.8, 4) is 0 Å². The van der Waals surface area contributed by atoms with Crippen LogP contribution in [0.4, 0.5) is 0 Å². The molecule has 0 fully saturated rings. The van der Waals surface area contributed by atoms with Gasteiger partial charge in [-0.2, -0.15) is 0 Å². The van der Waals surface area contributed by atoms with Crippen molar-refractivity contribution < 1.29 is 0 Å². The molecule has 1 nitrogen and oxygen atoms in total. The summed E-state index contributed by atoms with van der Waals surface area (Å²) in [4.78, 5) is 4.05. The van der Waals surface area contributed by atoms with Crippen molar-refractivity contribution in [3.05, 3.63) is 28.0 Å². The second kappa shape index (κ2) is 3.74. The second-order valence-electron chi connectivity index (χ2n) is 2.11. The van der Waals surface area contributed by atoms with Crippen LogP contribution in [0.1, 0.15) is 17.3 Å². The summed E-state index contributed by atoms with van der Waals surface area (Å²) in [6.07, 6.45) is 1.59. The van der Waals surface area contributed by atoms with Gasteiger partial charge in [0, 0.05) is 21.6 Å². The van der Waals surface area contributed by atoms with Gasteiger partial charge in [-0.05, 0) is 13.0 Å². The van der Waals surface area contributed by atoms with E-state index < -0.39 is 0 Å². The van der Waals surface area contributed by atoms with Crippen LogP contribution in [-0.4, -0.2) is 4.98 Å². The van der Waals surface area contributed by atoms with Crippen LogP contribution in [0.25, 0.3) is 0 Å². The van der Waals surface area contributed by atoms with Crippen LogP contribution < -0.4 is 0 Å². The van der Waals surface area contributed by atoms with Gasteiger partial charge >= 0.3 is 0 Å². The Hall–Kier alpha value is 0.210. The minimum atomic E-state index is 0.135. The quantitative estimate of drug-likeness (QED) is 0.548. The topological polar surface area (TPSA) is 12.9 Å². The smallest absolute Gasteiger partial charge is 0.134 e. The highest BCUT2D eigenvalue weighted by molar-refractivity contribution is 9.09. The predicted molar refractivity (Wildman–Crippen MR) is 51.6 cm³/mol. The molecule has 0 aromatic carbocycles. The Morgan fingerprint density at radius 1 is 1.55 bits per heavy atom. The summed E-state index contributed by atoms with van der Waals surface area (Å²) in [5, 5.41) is 1.11. The van der Waals surface area contributed by atoms with E-state index >= 15 is 0 Å². The molecule has 1 aromatic heterocycles. The van der Waals surface area contributed by atoms with Crippen molar-refractivity contribution in [1.82, 2.24) is 4.98 Å². The predicted octanol–water partition coefficient (Wildman–Crippen LogP) is 3.84. The number of hydrogen-bond donors (Lipinski definition) is 0. The fourth-order valence-electron chi connectivity index (χ4n) is 0.780. The molecular formula is C7H6BrCl2N. The van der Waals surface area contributed by atoms with E-state index in [2.05, 4.69) is 20.9 Å². The van der Waals surface area contributed by atoms with Crippen LogP contribution in [0.2, 0.25) is 10.2 Å². The minimum Gasteiger partial charge on any atom is -0.244 e. The lowest BCUT2D eigenvalue weighted by molar-refractivity contribution is 1.09. The van der Waals surface area contributed by atoms with E-state index in [0.717, 1.165) is 5.56 Å². The third kappa shape index (κ3) is 2.08. The number of rotatable bonds is 1. The number of hydrogen-bond acceptors (Lipinski definition) is 1. The minimum absolute atomic E-state index is 0.135. The summed E-state index contributed by atoms with van der Waals surface area (Å²) >= 11 is 15.0. The van der Waals surface area contributed by atoms with Gasteiger partial charge in [-0.25, -0.2) is 4.98 Å². The lowest BCUT2D eigenvalue weighted by Gasteiger charge is -2.06. The summed E-state index contributed by atoms with van der Waals surface area (Å²) in [7, 11) is 0. The van der Waals surface area contributed by atoms with Crippen molar-refractivity contribution in [2.24, 2.45) is 0 Å². The van der Waals surface area contributed by atoms with Gasteiger partial charge in [-0.15, -0.1) is 0 Å². The average Bonchev–Trinajstić information content (AvgIpc) is 1.85. The first-order valence-electron chi connectivity index (χ1n) is 3.07. The molecule has 0 radical (unpaired) electrons. The summed E-state index contributed by atoms with van der Waals surface area (Å²) in [6, 6.07) is 1.72. The first-order chi connectivity index (χ1) is 5.13. The molecule has 1 heterocycles. The van der Waals surface area contributed by atoms with Crippen LogP contribution in [0.3, 0.4) is 0 Å². The molecule has 0 amide bonds. The molecule has 1 atom stereocenters. The maximum absolute atomic E-state index is 5.87. The lowest BCUT2D eigenvalue weighted by Crippen LogP contribution is -1.89. The Labute approximate surface area is 83.9 Å². The van der Waals surface area contributed by atoms with Gasteiger partial charge in [0.25, 0.3) is 0 Å². The summed E-state index contributed by atoms with van der Waals surface area (Å²) in [6.45, 7) is 1.95. The molecule has 1 rings (SSSR count). The van der Waals surface area contributed by atoms with Crippen molar-refractivity contribution in [1.29, 1.82) is 0 Å². The number of aromatic nitrogens is 1. The molecule has 0 saturated carbocycles. The molecule has 0 bridgehead atoms. The zero-order valence-corrected chi connectivity index (χ0v) is 8.91. The van der Waals surface area contributed by atoms with E-state index in [-0.39, 0.29) is 4.83 Å². The highest BCUT2D eigenvalue weighted by Crippen LogP contribution is 2.32. The zero-order valence-electron chi connectivity index (χ0n) is 5.81. The van der Waals surface area contributed by atoms with Gasteiger partial charge in [0.1, 0.15) is 5.15 Å². The molecule has 60 valence electrons. The Balaban J connectivity index is 3.21. The number of nitrogens with zero attached hydrogens (tertiary/aromatic N) is 1. The molecular weight excluding hydrogens is 249 g/mol. The van der Waals surface area contributed by atoms with Crippen molar-refractivity contribution in [2.75, 3.05) is 0 Å². The van der Waals surface area contributed by atoms with E-state index in [4.69, 9.17) is 23.2 Å². The molecule has 0 aliphatic rings. The van der Waals surface area contributed by atoms with Gasteiger partial charge < -0.3 is 0 Å². The van der Waals surface area contributed by atoms with Crippen molar-refractivity contribution >= 4 is 39.1 Å². The Morgan fingerprint density at radius 3 is 2.55 bits per heavy atom. The Morgan fingerprint density at radius 2 is 2.18 bits per heavy atom. The van der Waals surface area contributed by atoms with Gasteiger partial charge in [0.2, 0.25) is 0 Å². The van der Waals surface area contributed by atoms with Gasteiger partial charge in [0.05, 0.1) is 0 Å². The van der Waals surface area contributed by atoms with E-state index in [9.17, 15) is 0 Å². The molecule has 4 heteroatoms. The normalized spacial score (nSPS) is 13.1. The maximum Gasteiger partial charge on any atom is 0.134 e. The van der Waals surface area contributed by atoms with E-state index in [1.165, 1.54) is 0 Å². The molecule has 1 aromatic rings. The fraction of sp³-hybridized carbons (Fsp3) is 0.286. The van der Waals surface area contributed by atoms with E-state index in [1.54, 1.807) is 12.3 Å². The largest absolute Gasteiger partial charge is 0.244 e. The van der Waals surface area contributed by atoms with Crippen molar-refractivity contribution in [2.45, 2.75) is 11.8 Å². The van der Waals surface area contributed by atoms with Gasteiger partial charge in [-0.3, -0.25) is 0 Å².